The number of hydrogen-bond donors (Lipinski definition) is 2. The Kier molecular flexibility index (Phi) is 6.09. The molecule has 0 aliphatic heterocycles. The highest BCUT2D eigenvalue weighted by Gasteiger charge is 2.51. The van der Waals surface area contributed by atoms with E-state index in [0.717, 1.165) is 40.8 Å². The smallest absolute Gasteiger partial charge is 0.307 e. The van der Waals surface area contributed by atoms with E-state index in [2.05, 4.69) is 5.32 Å². The Bertz CT molecular complexity index is 1200. The number of methoxy groups -OCH3 is 2. The van der Waals surface area contributed by atoms with Crippen LogP contribution in [0.5, 0.6) is 11.5 Å². The number of rotatable bonds is 8. The summed E-state index contributed by atoms with van der Waals surface area (Å²) in [5.41, 5.74) is 4.64. The Morgan fingerprint density at radius 2 is 1.67 bits per heavy atom. The fourth-order valence-corrected chi connectivity index (χ4v) is 4.17. The molecule has 33 heavy (non-hydrogen) atoms. The number of aryl methyl sites for hydroxylation is 1. The number of carbonyl (C=O) groups is 2. The van der Waals surface area contributed by atoms with Crippen LogP contribution >= 0.6 is 0 Å². The highest BCUT2D eigenvalue weighted by Crippen LogP contribution is 2.49. The first-order valence-electron chi connectivity index (χ1n) is 10.8. The predicted octanol–water partition coefficient (Wildman–Crippen LogP) is 4.98. The summed E-state index contributed by atoms with van der Waals surface area (Å²) in [6.07, 6.45) is 1.55. The Hall–Kier alpha value is -3.80. The molecule has 170 valence electrons. The Labute approximate surface area is 193 Å². The minimum atomic E-state index is -0.892. The van der Waals surface area contributed by atoms with Gasteiger partial charge in [0.25, 0.3) is 0 Å². The second kappa shape index (κ2) is 8.98. The minimum Gasteiger partial charge on any atom is -0.497 e. The van der Waals surface area contributed by atoms with E-state index in [1.54, 1.807) is 26.4 Å². The van der Waals surface area contributed by atoms with Crippen molar-refractivity contribution in [2.45, 2.75) is 31.6 Å². The molecule has 0 saturated heterocycles. The van der Waals surface area contributed by atoms with Gasteiger partial charge in [0, 0.05) is 11.3 Å². The van der Waals surface area contributed by atoms with E-state index in [0.29, 0.717) is 17.0 Å². The summed E-state index contributed by atoms with van der Waals surface area (Å²) in [5, 5.41) is 12.2. The maximum Gasteiger partial charge on any atom is 0.307 e. The maximum absolute atomic E-state index is 13.2. The molecule has 1 fully saturated rings. The molecule has 4 rings (SSSR count). The van der Waals surface area contributed by atoms with Crippen LogP contribution < -0.4 is 14.8 Å². The van der Waals surface area contributed by atoms with Gasteiger partial charge in [0.2, 0.25) is 5.91 Å². The van der Waals surface area contributed by atoms with Crippen molar-refractivity contribution in [2.75, 3.05) is 19.5 Å². The first-order valence-corrected chi connectivity index (χ1v) is 10.8. The molecule has 3 aromatic rings. The van der Waals surface area contributed by atoms with Crippen LogP contribution in [0.25, 0.3) is 11.1 Å². The van der Waals surface area contributed by atoms with E-state index < -0.39 is 11.4 Å². The standard InChI is InChI=1S/C27H27NO5/c1-17-4-8-20(16-23(17)22-11-5-18(15-25(29)30)14-24(22)33-3)28-26(31)27(12-13-27)19-6-9-21(32-2)10-7-19/h4-11,14,16H,12-13,15H2,1-3H3,(H,28,31)(H,29,30). The third-order valence-corrected chi connectivity index (χ3v) is 6.23. The van der Waals surface area contributed by atoms with Crippen LogP contribution in [0.4, 0.5) is 5.69 Å². The quantitative estimate of drug-likeness (QED) is 0.511. The molecule has 0 radical (unpaired) electrons. The highest BCUT2D eigenvalue weighted by atomic mass is 16.5. The number of carboxylic acid groups (broad SMARTS) is 1. The Balaban J connectivity index is 1.60. The third kappa shape index (κ3) is 4.55. The fourth-order valence-electron chi connectivity index (χ4n) is 4.17. The summed E-state index contributed by atoms with van der Waals surface area (Å²) >= 11 is 0. The van der Waals surface area contributed by atoms with E-state index in [-0.39, 0.29) is 12.3 Å². The van der Waals surface area contributed by atoms with Gasteiger partial charge in [0.1, 0.15) is 11.5 Å². The van der Waals surface area contributed by atoms with Gasteiger partial charge in [-0.2, -0.15) is 0 Å². The molecule has 1 saturated carbocycles. The van der Waals surface area contributed by atoms with E-state index in [4.69, 9.17) is 14.6 Å². The van der Waals surface area contributed by atoms with Crippen molar-refractivity contribution in [1.82, 2.24) is 0 Å². The molecule has 1 aliphatic carbocycles. The third-order valence-electron chi connectivity index (χ3n) is 6.23. The summed E-state index contributed by atoms with van der Waals surface area (Å²) in [5.74, 6) is 0.446. The summed E-state index contributed by atoms with van der Waals surface area (Å²) < 4.78 is 10.8. The monoisotopic (exact) mass is 445 g/mol. The number of aliphatic carboxylic acids is 1. The van der Waals surface area contributed by atoms with Crippen LogP contribution in [0.1, 0.15) is 29.5 Å². The van der Waals surface area contributed by atoms with Gasteiger partial charge < -0.3 is 19.9 Å². The maximum atomic E-state index is 13.2. The Morgan fingerprint density at radius 1 is 0.939 bits per heavy atom. The van der Waals surface area contributed by atoms with Gasteiger partial charge in [0.15, 0.2) is 0 Å². The van der Waals surface area contributed by atoms with Gasteiger partial charge in [0.05, 0.1) is 26.1 Å². The van der Waals surface area contributed by atoms with E-state index in [1.807, 2.05) is 55.5 Å². The normalized spacial score (nSPS) is 13.8. The van der Waals surface area contributed by atoms with Crippen LogP contribution in [-0.4, -0.2) is 31.2 Å². The van der Waals surface area contributed by atoms with Gasteiger partial charge in [-0.25, -0.2) is 0 Å². The van der Waals surface area contributed by atoms with E-state index in [9.17, 15) is 9.59 Å². The van der Waals surface area contributed by atoms with Crippen LogP contribution in [0.3, 0.4) is 0 Å². The average Bonchev–Trinajstić information content (AvgIpc) is 3.62. The first kappa shape index (κ1) is 22.4. The number of hydrogen-bond acceptors (Lipinski definition) is 4. The SMILES string of the molecule is COc1ccc(C2(C(=O)Nc3ccc(C)c(-c4ccc(CC(=O)O)cc4OC)c3)CC2)cc1. The molecule has 1 aliphatic rings. The fraction of sp³-hybridized carbons (Fsp3) is 0.259. The lowest BCUT2D eigenvalue weighted by atomic mass is 9.94. The predicted molar refractivity (Wildman–Crippen MR) is 127 cm³/mol. The van der Waals surface area contributed by atoms with Crippen LogP contribution in [0, 0.1) is 6.92 Å². The zero-order valence-corrected chi connectivity index (χ0v) is 19.0. The molecule has 0 atom stereocenters. The van der Waals surface area contributed by atoms with Crippen molar-refractivity contribution >= 4 is 17.6 Å². The second-order valence-corrected chi connectivity index (χ2v) is 8.40. The Morgan fingerprint density at radius 3 is 2.27 bits per heavy atom. The molecule has 1 amide bonds. The lowest BCUT2D eigenvalue weighted by molar-refractivity contribution is -0.136. The van der Waals surface area contributed by atoms with Crippen molar-refractivity contribution in [3.8, 4) is 22.6 Å². The van der Waals surface area contributed by atoms with Crippen LogP contribution in [0.15, 0.2) is 60.7 Å². The zero-order valence-electron chi connectivity index (χ0n) is 19.0. The molecular formula is C27H27NO5. The number of nitrogens with one attached hydrogen (secondary N) is 1. The topological polar surface area (TPSA) is 84.9 Å². The second-order valence-electron chi connectivity index (χ2n) is 8.40. The van der Waals surface area contributed by atoms with Gasteiger partial charge >= 0.3 is 5.97 Å². The molecule has 0 unspecified atom stereocenters. The molecular weight excluding hydrogens is 418 g/mol. The van der Waals surface area contributed by atoms with Gasteiger partial charge in [-0.3, -0.25) is 9.59 Å². The molecule has 2 N–H and O–H groups in total. The van der Waals surface area contributed by atoms with Crippen molar-refractivity contribution in [1.29, 1.82) is 0 Å². The summed E-state index contributed by atoms with van der Waals surface area (Å²) in [6.45, 7) is 1.99. The molecule has 6 heteroatoms. The van der Waals surface area contributed by atoms with Crippen LogP contribution in [0.2, 0.25) is 0 Å². The molecule has 3 aromatic carbocycles. The number of amides is 1. The van der Waals surface area contributed by atoms with Gasteiger partial charge in [-0.15, -0.1) is 0 Å². The van der Waals surface area contributed by atoms with Gasteiger partial charge in [-0.1, -0.05) is 30.3 Å². The van der Waals surface area contributed by atoms with Crippen molar-refractivity contribution < 1.29 is 24.2 Å². The molecule has 0 heterocycles. The largest absolute Gasteiger partial charge is 0.497 e. The highest BCUT2D eigenvalue weighted by molar-refractivity contribution is 6.02. The molecule has 0 aromatic heterocycles. The lowest BCUT2D eigenvalue weighted by Crippen LogP contribution is -2.27. The zero-order chi connectivity index (χ0) is 23.6. The lowest BCUT2D eigenvalue weighted by Gasteiger charge is -2.18. The van der Waals surface area contributed by atoms with E-state index in [1.165, 1.54) is 0 Å². The van der Waals surface area contributed by atoms with Gasteiger partial charge in [-0.05, 0) is 72.4 Å². The number of carbonyl (C=O) groups excluding carboxylic acids is 1. The molecule has 0 bridgehead atoms. The average molecular weight is 446 g/mol. The first-order chi connectivity index (χ1) is 15.9. The van der Waals surface area contributed by atoms with Crippen LogP contribution in [-0.2, 0) is 21.4 Å². The number of carboxylic acids is 1. The van der Waals surface area contributed by atoms with Crippen molar-refractivity contribution in [2.24, 2.45) is 0 Å². The number of ether oxygens (including phenoxy) is 2. The minimum absolute atomic E-state index is 0.0220. The summed E-state index contributed by atoms with van der Waals surface area (Å²) in [4.78, 5) is 24.3. The van der Waals surface area contributed by atoms with Crippen molar-refractivity contribution in [3.63, 3.8) is 0 Å². The number of benzene rings is 3. The summed E-state index contributed by atoms with van der Waals surface area (Å²) in [6, 6.07) is 18.9. The van der Waals surface area contributed by atoms with E-state index >= 15 is 0 Å². The van der Waals surface area contributed by atoms with Crippen molar-refractivity contribution in [3.05, 3.63) is 77.4 Å². The molecule has 6 nitrogen and oxygen atoms in total. The molecule has 0 spiro atoms. The summed E-state index contributed by atoms with van der Waals surface area (Å²) in [7, 11) is 3.19. The number of anilines is 1.